The highest BCUT2D eigenvalue weighted by Gasteiger charge is 2.15. The zero-order valence-electron chi connectivity index (χ0n) is 19.2. The molecule has 1 saturated heterocycles. The fourth-order valence-corrected chi connectivity index (χ4v) is 3.97. The second-order valence-electron chi connectivity index (χ2n) is 8.19. The Kier molecular flexibility index (Phi) is 7.47. The summed E-state index contributed by atoms with van der Waals surface area (Å²) in [5.74, 6) is 0.747. The summed E-state index contributed by atoms with van der Waals surface area (Å²) in [5, 5.41) is 6.31. The van der Waals surface area contributed by atoms with Gasteiger partial charge in [-0.15, -0.1) is 0 Å². The van der Waals surface area contributed by atoms with Gasteiger partial charge in [-0.05, 0) is 55.0 Å². The average molecular weight is 446 g/mol. The molecule has 172 valence electrons. The SMILES string of the molecule is COc1ccc(NC(C)C(=O)Nc2ccc(N3CCOCC3)cc2)cc1Cc1ccccc1. The molecule has 0 radical (unpaired) electrons. The number of rotatable bonds is 8. The lowest BCUT2D eigenvalue weighted by molar-refractivity contribution is -0.116. The third-order valence-corrected chi connectivity index (χ3v) is 5.81. The van der Waals surface area contributed by atoms with Gasteiger partial charge in [-0.2, -0.15) is 0 Å². The molecule has 3 aromatic carbocycles. The summed E-state index contributed by atoms with van der Waals surface area (Å²) in [5.41, 5.74) is 5.09. The van der Waals surface area contributed by atoms with E-state index in [4.69, 9.17) is 9.47 Å². The number of anilines is 3. The van der Waals surface area contributed by atoms with E-state index in [1.807, 2.05) is 67.6 Å². The lowest BCUT2D eigenvalue weighted by atomic mass is 10.0. The number of hydrogen-bond acceptors (Lipinski definition) is 5. The van der Waals surface area contributed by atoms with Crippen molar-refractivity contribution in [3.05, 3.63) is 83.9 Å². The number of nitrogens with one attached hydrogen (secondary N) is 2. The van der Waals surface area contributed by atoms with Crippen LogP contribution < -0.4 is 20.3 Å². The van der Waals surface area contributed by atoms with Crippen LogP contribution in [0.5, 0.6) is 5.75 Å². The molecule has 1 aliphatic heterocycles. The smallest absolute Gasteiger partial charge is 0.246 e. The number of hydrogen-bond donors (Lipinski definition) is 2. The van der Waals surface area contributed by atoms with Crippen molar-refractivity contribution in [3.63, 3.8) is 0 Å². The summed E-state index contributed by atoms with van der Waals surface area (Å²) in [6.07, 6.45) is 0.760. The Morgan fingerprint density at radius 1 is 1.00 bits per heavy atom. The Hall–Kier alpha value is -3.51. The van der Waals surface area contributed by atoms with Gasteiger partial charge in [-0.1, -0.05) is 30.3 Å². The number of benzene rings is 3. The van der Waals surface area contributed by atoms with E-state index in [9.17, 15) is 4.79 Å². The van der Waals surface area contributed by atoms with Crippen LogP contribution in [0.2, 0.25) is 0 Å². The molecule has 2 N–H and O–H groups in total. The molecule has 1 unspecified atom stereocenters. The molecule has 6 nitrogen and oxygen atoms in total. The Labute approximate surface area is 195 Å². The molecule has 0 spiro atoms. The standard InChI is InChI=1S/C27H31N3O3/c1-20(27(31)29-23-8-11-25(12-9-23)30-14-16-33-17-15-30)28-24-10-13-26(32-2)22(19-24)18-21-6-4-3-5-7-21/h3-13,19-20,28H,14-18H2,1-2H3,(H,29,31). The molecule has 1 amide bonds. The summed E-state index contributed by atoms with van der Waals surface area (Å²) in [4.78, 5) is 15.1. The minimum absolute atomic E-state index is 0.0884. The number of carbonyl (C=O) groups excluding carboxylic acids is 1. The Bertz CT molecular complexity index is 1050. The van der Waals surface area contributed by atoms with Crippen molar-refractivity contribution < 1.29 is 14.3 Å². The second-order valence-corrected chi connectivity index (χ2v) is 8.19. The Morgan fingerprint density at radius 3 is 2.39 bits per heavy atom. The molecule has 0 aromatic heterocycles. The predicted molar refractivity (Wildman–Crippen MR) is 133 cm³/mol. The zero-order chi connectivity index (χ0) is 23.0. The molecule has 3 aromatic rings. The van der Waals surface area contributed by atoms with Gasteiger partial charge in [0.15, 0.2) is 0 Å². The number of ether oxygens (including phenoxy) is 2. The average Bonchev–Trinajstić information content (AvgIpc) is 2.86. The van der Waals surface area contributed by atoms with Gasteiger partial charge < -0.3 is 25.0 Å². The molecule has 33 heavy (non-hydrogen) atoms. The van der Waals surface area contributed by atoms with Crippen LogP contribution in [0.1, 0.15) is 18.1 Å². The second kappa shape index (κ2) is 10.9. The third-order valence-electron chi connectivity index (χ3n) is 5.81. The first kappa shape index (κ1) is 22.7. The monoisotopic (exact) mass is 445 g/mol. The summed E-state index contributed by atoms with van der Waals surface area (Å²) >= 11 is 0. The number of nitrogens with zero attached hydrogens (tertiary/aromatic N) is 1. The van der Waals surface area contributed by atoms with E-state index in [-0.39, 0.29) is 5.91 Å². The molecule has 1 aliphatic rings. The fourth-order valence-electron chi connectivity index (χ4n) is 3.97. The molecule has 1 fully saturated rings. The number of morpholine rings is 1. The summed E-state index contributed by atoms with van der Waals surface area (Å²) in [6.45, 7) is 5.14. The third kappa shape index (κ3) is 6.05. The maximum atomic E-state index is 12.8. The van der Waals surface area contributed by atoms with Gasteiger partial charge in [0.1, 0.15) is 11.8 Å². The van der Waals surface area contributed by atoms with Gasteiger partial charge in [0.2, 0.25) is 5.91 Å². The first-order chi connectivity index (χ1) is 16.1. The summed E-state index contributed by atoms with van der Waals surface area (Å²) in [6, 6.07) is 23.8. The molecule has 6 heteroatoms. The van der Waals surface area contributed by atoms with Crippen LogP contribution in [-0.4, -0.2) is 45.4 Å². The van der Waals surface area contributed by atoms with Gasteiger partial charge in [0, 0.05) is 42.1 Å². The number of amides is 1. The first-order valence-electron chi connectivity index (χ1n) is 11.3. The highest BCUT2D eigenvalue weighted by atomic mass is 16.5. The van der Waals surface area contributed by atoms with Crippen molar-refractivity contribution in [1.29, 1.82) is 0 Å². The van der Waals surface area contributed by atoms with Crippen molar-refractivity contribution in [2.75, 3.05) is 48.9 Å². The number of methoxy groups -OCH3 is 1. The molecule has 0 saturated carbocycles. The topological polar surface area (TPSA) is 62.8 Å². The van der Waals surface area contributed by atoms with Crippen LogP contribution in [0.3, 0.4) is 0 Å². The molecular weight excluding hydrogens is 414 g/mol. The van der Waals surface area contributed by atoms with Crippen LogP contribution in [0.4, 0.5) is 17.1 Å². The molecular formula is C27H31N3O3. The van der Waals surface area contributed by atoms with E-state index >= 15 is 0 Å². The van der Waals surface area contributed by atoms with E-state index in [1.54, 1.807) is 7.11 Å². The van der Waals surface area contributed by atoms with E-state index < -0.39 is 6.04 Å². The van der Waals surface area contributed by atoms with Crippen LogP contribution in [-0.2, 0) is 16.0 Å². The summed E-state index contributed by atoms with van der Waals surface area (Å²) in [7, 11) is 1.68. The molecule has 4 rings (SSSR count). The van der Waals surface area contributed by atoms with Gasteiger partial charge >= 0.3 is 0 Å². The quantitative estimate of drug-likeness (QED) is 0.532. The molecule has 0 aliphatic carbocycles. The maximum absolute atomic E-state index is 12.8. The van der Waals surface area contributed by atoms with Crippen molar-refractivity contribution in [3.8, 4) is 5.75 Å². The van der Waals surface area contributed by atoms with Crippen LogP contribution in [0, 0.1) is 0 Å². The van der Waals surface area contributed by atoms with Crippen LogP contribution in [0.15, 0.2) is 72.8 Å². The molecule has 1 atom stereocenters. The highest BCUT2D eigenvalue weighted by Crippen LogP contribution is 2.26. The Balaban J connectivity index is 1.37. The van der Waals surface area contributed by atoms with Crippen LogP contribution >= 0.6 is 0 Å². The van der Waals surface area contributed by atoms with Crippen molar-refractivity contribution in [2.24, 2.45) is 0 Å². The fraction of sp³-hybridized carbons (Fsp3) is 0.296. The number of carbonyl (C=O) groups is 1. The normalized spacial score (nSPS) is 14.4. The van der Waals surface area contributed by atoms with E-state index in [0.717, 1.165) is 61.1 Å². The Morgan fingerprint density at radius 2 is 1.70 bits per heavy atom. The minimum Gasteiger partial charge on any atom is -0.496 e. The predicted octanol–water partition coefficient (Wildman–Crippen LogP) is 4.56. The van der Waals surface area contributed by atoms with Gasteiger partial charge in [0.25, 0.3) is 0 Å². The van der Waals surface area contributed by atoms with E-state index in [1.165, 1.54) is 5.56 Å². The highest BCUT2D eigenvalue weighted by molar-refractivity contribution is 5.96. The van der Waals surface area contributed by atoms with Crippen LogP contribution in [0.25, 0.3) is 0 Å². The first-order valence-corrected chi connectivity index (χ1v) is 11.3. The minimum atomic E-state index is -0.401. The van der Waals surface area contributed by atoms with Gasteiger partial charge in [-0.25, -0.2) is 0 Å². The van der Waals surface area contributed by atoms with Crippen molar-refractivity contribution in [1.82, 2.24) is 0 Å². The largest absolute Gasteiger partial charge is 0.496 e. The lowest BCUT2D eigenvalue weighted by Crippen LogP contribution is -2.36. The molecule has 0 bridgehead atoms. The van der Waals surface area contributed by atoms with E-state index in [0.29, 0.717) is 0 Å². The molecule has 1 heterocycles. The lowest BCUT2D eigenvalue weighted by Gasteiger charge is -2.29. The zero-order valence-corrected chi connectivity index (χ0v) is 19.2. The van der Waals surface area contributed by atoms with Gasteiger partial charge in [-0.3, -0.25) is 4.79 Å². The van der Waals surface area contributed by atoms with Crippen molar-refractivity contribution >= 4 is 23.0 Å². The van der Waals surface area contributed by atoms with E-state index in [2.05, 4.69) is 27.7 Å². The van der Waals surface area contributed by atoms with Crippen molar-refractivity contribution in [2.45, 2.75) is 19.4 Å². The van der Waals surface area contributed by atoms with Gasteiger partial charge in [0.05, 0.1) is 20.3 Å². The maximum Gasteiger partial charge on any atom is 0.246 e. The summed E-state index contributed by atoms with van der Waals surface area (Å²) < 4.78 is 10.9.